The molecule has 0 unspecified atom stereocenters. The molecule has 0 amide bonds. The van der Waals surface area contributed by atoms with Gasteiger partial charge in [-0.05, 0) is 12.1 Å². The SMILES string of the molecule is COc1c(-c2noc(CN)n2)ccc(C(F)(F)F)c1OC. The van der Waals surface area contributed by atoms with Gasteiger partial charge in [-0.25, -0.2) is 0 Å². The van der Waals surface area contributed by atoms with E-state index in [1.807, 2.05) is 0 Å². The van der Waals surface area contributed by atoms with Crippen molar-refractivity contribution in [3.05, 3.63) is 23.6 Å². The van der Waals surface area contributed by atoms with Gasteiger partial charge in [0.15, 0.2) is 11.5 Å². The standard InChI is InChI=1S/C12H12F3N3O3/c1-19-9-6(11-17-8(5-16)21-18-11)3-4-7(10(9)20-2)12(13,14)15/h3-4H,5,16H2,1-2H3. The van der Waals surface area contributed by atoms with Crippen molar-refractivity contribution >= 4 is 0 Å². The van der Waals surface area contributed by atoms with E-state index in [4.69, 9.17) is 19.7 Å². The minimum Gasteiger partial charge on any atom is -0.492 e. The molecule has 0 bridgehead atoms. The van der Waals surface area contributed by atoms with Gasteiger partial charge in [0.2, 0.25) is 11.7 Å². The number of halogens is 3. The average Bonchev–Trinajstić information content (AvgIpc) is 2.93. The molecule has 2 aromatic rings. The number of hydrogen-bond acceptors (Lipinski definition) is 6. The largest absolute Gasteiger partial charge is 0.492 e. The highest BCUT2D eigenvalue weighted by atomic mass is 19.4. The summed E-state index contributed by atoms with van der Waals surface area (Å²) in [7, 11) is 2.35. The van der Waals surface area contributed by atoms with E-state index in [1.165, 1.54) is 13.2 Å². The maximum absolute atomic E-state index is 12.9. The molecule has 0 aliphatic rings. The van der Waals surface area contributed by atoms with Crippen LogP contribution in [0.1, 0.15) is 11.5 Å². The third kappa shape index (κ3) is 2.77. The molecule has 0 aliphatic carbocycles. The van der Waals surface area contributed by atoms with E-state index in [0.29, 0.717) is 0 Å². The van der Waals surface area contributed by atoms with Crippen LogP contribution in [-0.2, 0) is 12.7 Å². The molecule has 114 valence electrons. The lowest BCUT2D eigenvalue weighted by molar-refractivity contribution is -0.138. The van der Waals surface area contributed by atoms with Crippen LogP contribution in [0.25, 0.3) is 11.4 Å². The highest BCUT2D eigenvalue weighted by Gasteiger charge is 2.37. The average molecular weight is 303 g/mol. The van der Waals surface area contributed by atoms with Crippen LogP contribution in [-0.4, -0.2) is 24.4 Å². The molecule has 2 rings (SSSR count). The van der Waals surface area contributed by atoms with Gasteiger partial charge in [-0.1, -0.05) is 5.16 Å². The third-order valence-electron chi connectivity index (χ3n) is 2.71. The molecular weight excluding hydrogens is 291 g/mol. The first-order valence-electron chi connectivity index (χ1n) is 5.77. The summed E-state index contributed by atoms with van der Waals surface area (Å²) in [5.74, 6) is -0.344. The first-order chi connectivity index (χ1) is 9.92. The summed E-state index contributed by atoms with van der Waals surface area (Å²) in [6, 6.07) is 2.06. The second-order valence-corrected chi connectivity index (χ2v) is 3.94. The minimum absolute atomic E-state index is 0.0209. The summed E-state index contributed by atoms with van der Waals surface area (Å²) in [6.07, 6.45) is -4.57. The van der Waals surface area contributed by atoms with Crippen molar-refractivity contribution < 1.29 is 27.2 Å². The van der Waals surface area contributed by atoms with Gasteiger partial charge in [-0.3, -0.25) is 0 Å². The Labute approximate surface area is 117 Å². The molecule has 6 nitrogen and oxygen atoms in total. The first-order valence-corrected chi connectivity index (χ1v) is 5.77. The Morgan fingerprint density at radius 1 is 1.19 bits per heavy atom. The van der Waals surface area contributed by atoms with Gasteiger partial charge < -0.3 is 19.7 Å². The molecule has 9 heteroatoms. The number of rotatable bonds is 4. The molecule has 1 aromatic heterocycles. The fourth-order valence-electron chi connectivity index (χ4n) is 1.81. The van der Waals surface area contributed by atoms with E-state index in [-0.39, 0.29) is 29.6 Å². The van der Waals surface area contributed by atoms with E-state index in [1.54, 1.807) is 0 Å². The zero-order valence-corrected chi connectivity index (χ0v) is 11.2. The summed E-state index contributed by atoms with van der Waals surface area (Å²) >= 11 is 0. The molecule has 21 heavy (non-hydrogen) atoms. The fourth-order valence-corrected chi connectivity index (χ4v) is 1.81. The van der Waals surface area contributed by atoms with Crippen LogP contribution in [0.3, 0.4) is 0 Å². The molecule has 0 aliphatic heterocycles. The van der Waals surface area contributed by atoms with Crippen molar-refractivity contribution in [2.75, 3.05) is 14.2 Å². The maximum Gasteiger partial charge on any atom is 0.420 e. The van der Waals surface area contributed by atoms with Crippen LogP contribution in [0.2, 0.25) is 0 Å². The molecule has 1 aromatic carbocycles. The van der Waals surface area contributed by atoms with Crippen LogP contribution in [0.5, 0.6) is 11.5 Å². The Morgan fingerprint density at radius 3 is 2.33 bits per heavy atom. The zero-order valence-electron chi connectivity index (χ0n) is 11.2. The van der Waals surface area contributed by atoms with Crippen LogP contribution < -0.4 is 15.2 Å². The molecule has 0 saturated carbocycles. The molecule has 0 spiro atoms. The summed E-state index contributed by atoms with van der Waals surface area (Å²) in [5, 5.41) is 3.65. The number of methoxy groups -OCH3 is 2. The van der Waals surface area contributed by atoms with Crippen LogP contribution in [0.4, 0.5) is 13.2 Å². The Balaban J connectivity index is 2.63. The highest BCUT2D eigenvalue weighted by Crippen LogP contribution is 2.45. The molecular formula is C12H12F3N3O3. The molecule has 0 radical (unpaired) electrons. The monoisotopic (exact) mass is 303 g/mol. The van der Waals surface area contributed by atoms with Crippen LogP contribution >= 0.6 is 0 Å². The number of hydrogen-bond donors (Lipinski definition) is 1. The minimum atomic E-state index is -4.57. The number of benzene rings is 1. The number of aromatic nitrogens is 2. The van der Waals surface area contributed by atoms with Crippen molar-refractivity contribution in [1.29, 1.82) is 0 Å². The van der Waals surface area contributed by atoms with E-state index in [0.717, 1.165) is 13.2 Å². The predicted octanol–water partition coefficient (Wildman–Crippen LogP) is 2.23. The van der Waals surface area contributed by atoms with Crippen LogP contribution in [0, 0.1) is 0 Å². The van der Waals surface area contributed by atoms with E-state index in [9.17, 15) is 13.2 Å². The van der Waals surface area contributed by atoms with Gasteiger partial charge in [-0.15, -0.1) is 0 Å². The first kappa shape index (κ1) is 15.1. The summed E-state index contributed by atoms with van der Waals surface area (Å²) in [5.41, 5.74) is 4.61. The molecule has 2 N–H and O–H groups in total. The van der Waals surface area contributed by atoms with Crippen molar-refractivity contribution in [2.24, 2.45) is 5.73 Å². The second-order valence-electron chi connectivity index (χ2n) is 3.94. The molecule has 1 heterocycles. The maximum atomic E-state index is 12.9. The van der Waals surface area contributed by atoms with Crippen molar-refractivity contribution in [3.63, 3.8) is 0 Å². The van der Waals surface area contributed by atoms with Crippen molar-refractivity contribution in [1.82, 2.24) is 10.1 Å². The predicted molar refractivity (Wildman–Crippen MR) is 65.7 cm³/mol. The second kappa shape index (κ2) is 5.60. The van der Waals surface area contributed by atoms with Gasteiger partial charge in [0.05, 0.1) is 26.3 Å². The number of alkyl halides is 3. The number of nitrogens with two attached hydrogens (primary N) is 1. The van der Waals surface area contributed by atoms with Gasteiger partial charge in [-0.2, -0.15) is 18.2 Å². The van der Waals surface area contributed by atoms with E-state index in [2.05, 4.69) is 10.1 Å². The lowest BCUT2D eigenvalue weighted by atomic mass is 10.1. The van der Waals surface area contributed by atoms with Crippen molar-refractivity contribution in [3.8, 4) is 22.9 Å². The molecule has 0 fully saturated rings. The molecule has 0 atom stereocenters. The summed E-state index contributed by atoms with van der Waals surface area (Å²) < 4.78 is 53.5. The lowest BCUT2D eigenvalue weighted by Crippen LogP contribution is -2.09. The molecule has 0 saturated heterocycles. The quantitative estimate of drug-likeness (QED) is 0.932. The fraction of sp³-hybridized carbons (Fsp3) is 0.333. The Hall–Kier alpha value is -2.29. The lowest BCUT2D eigenvalue weighted by Gasteiger charge is -2.16. The summed E-state index contributed by atoms with van der Waals surface area (Å²) in [6.45, 7) is 0.0209. The zero-order chi connectivity index (χ0) is 15.6. The van der Waals surface area contributed by atoms with E-state index < -0.39 is 17.5 Å². The van der Waals surface area contributed by atoms with Crippen LogP contribution in [0.15, 0.2) is 16.7 Å². The highest BCUT2D eigenvalue weighted by molar-refractivity contribution is 5.70. The number of ether oxygens (including phenoxy) is 2. The number of nitrogens with zero attached hydrogens (tertiary/aromatic N) is 2. The Morgan fingerprint density at radius 2 is 1.86 bits per heavy atom. The van der Waals surface area contributed by atoms with E-state index >= 15 is 0 Å². The third-order valence-corrected chi connectivity index (χ3v) is 2.71. The summed E-state index contributed by atoms with van der Waals surface area (Å²) in [4.78, 5) is 3.96. The topological polar surface area (TPSA) is 83.4 Å². The van der Waals surface area contributed by atoms with Gasteiger partial charge in [0.25, 0.3) is 0 Å². The van der Waals surface area contributed by atoms with Gasteiger partial charge >= 0.3 is 6.18 Å². The Kier molecular flexibility index (Phi) is 4.03. The van der Waals surface area contributed by atoms with Gasteiger partial charge in [0, 0.05) is 0 Å². The van der Waals surface area contributed by atoms with Crippen molar-refractivity contribution in [2.45, 2.75) is 12.7 Å². The van der Waals surface area contributed by atoms with Gasteiger partial charge in [0.1, 0.15) is 5.56 Å². The Bertz CT molecular complexity index is 640. The smallest absolute Gasteiger partial charge is 0.420 e. The normalized spacial score (nSPS) is 11.5.